The lowest BCUT2D eigenvalue weighted by Gasteiger charge is -2.16. The molecule has 2 aromatic carbocycles. The molecule has 0 saturated heterocycles. The van der Waals surface area contributed by atoms with Crippen molar-refractivity contribution >= 4 is 58.0 Å². The highest BCUT2D eigenvalue weighted by atomic mass is 35.5. The monoisotopic (exact) mass is 361 g/mol. The SMILES string of the molecule is O=C(Nc1ccc(Cl)cc1)[C@H](Cl)[C@H](Cl)c1ccc(Cl)cc1. The van der Waals surface area contributed by atoms with Gasteiger partial charge in [-0.2, -0.15) is 0 Å². The Labute approximate surface area is 143 Å². The van der Waals surface area contributed by atoms with E-state index in [1.807, 2.05) is 0 Å². The molecule has 0 unspecified atom stereocenters. The van der Waals surface area contributed by atoms with E-state index in [4.69, 9.17) is 46.4 Å². The van der Waals surface area contributed by atoms with Crippen LogP contribution < -0.4 is 5.32 Å². The van der Waals surface area contributed by atoms with Gasteiger partial charge in [-0.15, -0.1) is 23.2 Å². The van der Waals surface area contributed by atoms with Gasteiger partial charge in [0.05, 0.1) is 5.38 Å². The third kappa shape index (κ3) is 4.52. The number of anilines is 1. The second kappa shape index (κ2) is 7.37. The predicted molar refractivity (Wildman–Crippen MR) is 89.8 cm³/mol. The summed E-state index contributed by atoms with van der Waals surface area (Å²) in [6, 6.07) is 13.6. The molecule has 0 radical (unpaired) electrons. The maximum Gasteiger partial charge on any atom is 0.244 e. The molecule has 0 aliphatic heterocycles. The van der Waals surface area contributed by atoms with Crippen LogP contribution in [-0.4, -0.2) is 11.3 Å². The highest BCUT2D eigenvalue weighted by molar-refractivity contribution is 6.38. The van der Waals surface area contributed by atoms with Crippen molar-refractivity contribution in [1.29, 1.82) is 0 Å². The van der Waals surface area contributed by atoms with E-state index in [-0.39, 0.29) is 5.91 Å². The number of carbonyl (C=O) groups excluding carboxylic acids is 1. The largest absolute Gasteiger partial charge is 0.325 e. The molecule has 0 fully saturated rings. The minimum absolute atomic E-state index is 0.381. The molecule has 0 saturated carbocycles. The molecule has 0 aliphatic rings. The van der Waals surface area contributed by atoms with Crippen LogP contribution in [0.2, 0.25) is 10.0 Å². The van der Waals surface area contributed by atoms with E-state index in [2.05, 4.69) is 5.32 Å². The Balaban J connectivity index is 2.04. The number of alkyl halides is 2. The number of hydrogen-bond donors (Lipinski definition) is 1. The number of hydrogen-bond acceptors (Lipinski definition) is 1. The Morgan fingerprint density at radius 1 is 0.857 bits per heavy atom. The van der Waals surface area contributed by atoms with E-state index >= 15 is 0 Å². The topological polar surface area (TPSA) is 29.1 Å². The molecule has 0 aliphatic carbocycles. The van der Waals surface area contributed by atoms with Crippen LogP contribution in [0.25, 0.3) is 0 Å². The summed E-state index contributed by atoms with van der Waals surface area (Å²) >= 11 is 24.0. The van der Waals surface area contributed by atoms with E-state index in [1.54, 1.807) is 48.5 Å². The summed E-state index contributed by atoms with van der Waals surface area (Å²) in [5.41, 5.74) is 1.34. The van der Waals surface area contributed by atoms with Crippen molar-refractivity contribution in [3.8, 4) is 0 Å². The fourth-order valence-electron chi connectivity index (χ4n) is 1.69. The van der Waals surface area contributed by atoms with Crippen LogP contribution in [0, 0.1) is 0 Å². The molecule has 2 aromatic rings. The Kier molecular flexibility index (Phi) is 5.77. The molecule has 0 heterocycles. The number of amides is 1. The number of nitrogens with one attached hydrogen (secondary N) is 1. The maximum absolute atomic E-state index is 12.1. The van der Waals surface area contributed by atoms with Crippen molar-refractivity contribution in [2.24, 2.45) is 0 Å². The van der Waals surface area contributed by atoms with Crippen LogP contribution in [0.3, 0.4) is 0 Å². The summed E-state index contributed by atoms with van der Waals surface area (Å²) in [6.45, 7) is 0. The van der Waals surface area contributed by atoms with Crippen LogP contribution in [0.5, 0.6) is 0 Å². The number of carbonyl (C=O) groups is 1. The second-order valence-corrected chi connectivity index (χ2v) is 6.16. The van der Waals surface area contributed by atoms with Gasteiger partial charge in [0.1, 0.15) is 5.38 Å². The van der Waals surface area contributed by atoms with Gasteiger partial charge in [-0.1, -0.05) is 35.3 Å². The summed E-state index contributed by atoms with van der Waals surface area (Å²) in [4.78, 5) is 12.1. The van der Waals surface area contributed by atoms with Crippen LogP contribution in [-0.2, 0) is 4.79 Å². The average molecular weight is 363 g/mol. The Hall–Kier alpha value is -0.930. The molecule has 1 amide bonds. The molecular weight excluding hydrogens is 352 g/mol. The van der Waals surface area contributed by atoms with E-state index < -0.39 is 10.8 Å². The van der Waals surface area contributed by atoms with Crippen molar-refractivity contribution in [2.45, 2.75) is 10.8 Å². The number of benzene rings is 2. The first kappa shape index (κ1) is 16.4. The first-order valence-corrected chi connectivity index (χ1v) is 7.70. The Morgan fingerprint density at radius 3 is 1.86 bits per heavy atom. The highest BCUT2D eigenvalue weighted by Crippen LogP contribution is 2.30. The van der Waals surface area contributed by atoms with Crippen molar-refractivity contribution in [3.05, 3.63) is 64.1 Å². The fraction of sp³-hybridized carbons (Fsp3) is 0.133. The zero-order chi connectivity index (χ0) is 15.4. The van der Waals surface area contributed by atoms with E-state index in [0.29, 0.717) is 15.7 Å². The lowest BCUT2D eigenvalue weighted by atomic mass is 10.1. The van der Waals surface area contributed by atoms with Gasteiger partial charge in [-0.3, -0.25) is 4.79 Å². The van der Waals surface area contributed by atoms with Crippen molar-refractivity contribution < 1.29 is 4.79 Å². The van der Waals surface area contributed by atoms with E-state index in [1.165, 1.54) is 0 Å². The molecule has 6 heteroatoms. The number of rotatable bonds is 4. The molecule has 21 heavy (non-hydrogen) atoms. The third-order valence-corrected chi connectivity index (χ3v) is 4.39. The minimum atomic E-state index is -0.913. The van der Waals surface area contributed by atoms with Crippen LogP contribution in [0.4, 0.5) is 5.69 Å². The molecule has 0 bridgehead atoms. The van der Waals surface area contributed by atoms with Crippen molar-refractivity contribution in [3.63, 3.8) is 0 Å². The first-order chi connectivity index (χ1) is 9.97. The first-order valence-electron chi connectivity index (χ1n) is 6.07. The van der Waals surface area contributed by atoms with Crippen molar-refractivity contribution in [2.75, 3.05) is 5.32 Å². The molecule has 0 spiro atoms. The van der Waals surface area contributed by atoms with Gasteiger partial charge in [0.25, 0.3) is 0 Å². The maximum atomic E-state index is 12.1. The predicted octanol–water partition coefficient (Wildman–Crippen LogP) is 5.52. The smallest absolute Gasteiger partial charge is 0.244 e. The molecule has 2 atom stereocenters. The minimum Gasteiger partial charge on any atom is -0.325 e. The van der Waals surface area contributed by atoms with Gasteiger partial charge in [-0.25, -0.2) is 0 Å². The average Bonchev–Trinajstić information content (AvgIpc) is 2.49. The Bertz CT molecular complexity index is 613. The van der Waals surface area contributed by atoms with E-state index in [0.717, 1.165) is 5.56 Å². The fourth-order valence-corrected chi connectivity index (χ4v) is 2.40. The number of halogens is 4. The zero-order valence-corrected chi connectivity index (χ0v) is 13.7. The molecule has 1 N–H and O–H groups in total. The lowest BCUT2D eigenvalue weighted by Crippen LogP contribution is -2.26. The van der Waals surface area contributed by atoms with Gasteiger partial charge in [-0.05, 0) is 42.0 Å². The quantitative estimate of drug-likeness (QED) is 0.713. The highest BCUT2D eigenvalue weighted by Gasteiger charge is 2.26. The molecule has 0 aromatic heterocycles. The summed E-state index contributed by atoms with van der Waals surface area (Å²) < 4.78 is 0. The molecule has 2 rings (SSSR count). The van der Waals surface area contributed by atoms with Crippen molar-refractivity contribution in [1.82, 2.24) is 0 Å². The second-order valence-electron chi connectivity index (χ2n) is 4.35. The van der Waals surface area contributed by atoms with E-state index in [9.17, 15) is 4.79 Å². The zero-order valence-electron chi connectivity index (χ0n) is 10.7. The molecule has 110 valence electrons. The van der Waals surface area contributed by atoms with Gasteiger partial charge in [0.15, 0.2) is 0 Å². The summed E-state index contributed by atoms with van der Waals surface area (Å²) in [7, 11) is 0. The molecule has 2 nitrogen and oxygen atoms in total. The lowest BCUT2D eigenvalue weighted by molar-refractivity contribution is -0.115. The third-order valence-electron chi connectivity index (χ3n) is 2.81. The van der Waals surface area contributed by atoms with Gasteiger partial charge in [0.2, 0.25) is 5.91 Å². The summed E-state index contributed by atoms with van der Waals surface area (Å²) in [6.07, 6.45) is 0. The normalized spacial score (nSPS) is 13.5. The van der Waals surface area contributed by atoms with Crippen LogP contribution >= 0.6 is 46.4 Å². The molecular formula is C15H11Cl4NO. The summed E-state index contributed by atoms with van der Waals surface area (Å²) in [5.74, 6) is -0.381. The van der Waals surface area contributed by atoms with Gasteiger partial charge in [0, 0.05) is 15.7 Å². The summed E-state index contributed by atoms with van der Waals surface area (Å²) in [5, 5.41) is 2.31. The van der Waals surface area contributed by atoms with Gasteiger partial charge < -0.3 is 5.32 Å². The van der Waals surface area contributed by atoms with Gasteiger partial charge >= 0.3 is 0 Å². The van der Waals surface area contributed by atoms with Crippen LogP contribution in [0.1, 0.15) is 10.9 Å². The standard InChI is InChI=1S/C15H11Cl4NO/c16-10-3-1-9(2-4-10)13(18)14(19)15(21)20-12-7-5-11(17)6-8-12/h1-8,13-14H,(H,20,21)/t13-,14-/m1/s1. The Morgan fingerprint density at radius 2 is 1.33 bits per heavy atom. The van der Waals surface area contributed by atoms with Crippen LogP contribution in [0.15, 0.2) is 48.5 Å².